The molecule has 1 aromatic heterocycles. The normalized spacial score (nSPS) is 25.7. The Kier molecular flexibility index (Phi) is 4.94. The Balaban J connectivity index is 1.37. The van der Waals surface area contributed by atoms with E-state index in [-0.39, 0.29) is 23.1 Å². The molecule has 4 rings (SSSR count). The molecule has 3 saturated heterocycles. The highest BCUT2D eigenvalue weighted by atomic mass is 16.5. The van der Waals surface area contributed by atoms with Gasteiger partial charge < -0.3 is 14.5 Å². The molecule has 0 aromatic carbocycles. The molecule has 6 heteroatoms. The first-order valence-corrected chi connectivity index (χ1v) is 9.68. The van der Waals surface area contributed by atoms with Crippen molar-refractivity contribution in [3.05, 3.63) is 30.1 Å². The van der Waals surface area contributed by atoms with Gasteiger partial charge in [-0.3, -0.25) is 14.6 Å². The second-order valence-electron chi connectivity index (χ2n) is 8.00. The molecule has 0 saturated carbocycles. The van der Waals surface area contributed by atoms with E-state index in [0.29, 0.717) is 26.2 Å². The first-order valence-electron chi connectivity index (χ1n) is 9.68. The molecule has 0 N–H and O–H groups in total. The molecule has 0 radical (unpaired) electrons. The van der Waals surface area contributed by atoms with E-state index in [9.17, 15) is 9.59 Å². The summed E-state index contributed by atoms with van der Waals surface area (Å²) in [4.78, 5) is 33.2. The van der Waals surface area contributed by atoms with Crippen LogP contribution in [-0.2, 0) is 20.9 Å². The molecule has 3 fully saturated rings. The first kappa shape index (κ1) is 17.5. The van der Waals surface area contributed by atoms with E-state index in [1.807, 2.05) is 28.1 Å². The number of ether oxygens (including phenoxy) is 1. The number of hydrogen-bond acceptors (Lipinski definition) is 4. The molecule has 0 aliphatic carbocycles. The van der Waals surface area contributed by atoms with Gasteiger partial charge in [-0.1, -0.05) is 6.07 Å². The van der Waals surface area contributed by atoms with Crippen molar-refractivity contribution in [2.45, 2.75) is 38.6 Å². The van der Waals surface area contributed by atoms with Gasteiger partial charge in [-0.05, 0) is 42.7 Å². The van der Waals surface area contributed by atoms with E-state index >= 15 is 0 Å². The van der Waals surface area contributed by atoms with Crippen LogP contribution >= 0.6 is 0 Å². The monoisotopic (exact) mass is 357 g/mol. The molecule has 0 unspecified atom stereocenters. The first-order chi connectivity index (χ1) is 12.7. The van der Waals surface area contributed by atoms with Crippen molar-refractivity contribution in [3.8, 4) is 0 Å². The Hall–Kier alpha value is -1.95. The minimum absolute atomic E-state index is 0.0547. The molecule has 3 aliphatic rings. The van der Waals surface area contributed by atoms with Crippen LogP contribution in [-0.4, -0.2) is 59.4 Å². The topological polar surface area (TPSA) is 62.7 Å². The van der Waals surface area contributed by atoms with Crippen molar-refractivity contribution in [1.82, 2.24) is 14.8 Å². The van der Waals surface area contributed by atoms with E-state index in [0.717, 1.165) is 50.9 Å². The van der Waals surface area contributed by atoms with Gasteiger partial charge >= 0.3 is 0 Å². The van der Waals surface area contributed by atoms with Gasteiger partial charge in [-0.15, -0.1) is 0 Å². The lowest BCUT2D eigenvalue weighted by Gasteiger charge is -2.47. The van der Waals surface area contributed by atoms with Crippen LogP contribution in [0.3, 0.4) is 0 Å². The number of nitrogens with zero attached hydrogens (tertiary/aromatic N) is 3. The number of piperidine rings is 2. The summed E-state index contributed by atoms with van der Waals surface area (Å²) in [5.41, 5.74) is 1.24. The van der Waals surface area contributed by atoms with Crippen molar-refractivity contribution in [2.24, 2.45) is 11.3 Å². The van der Waals surface area contributed by atoms with Crippen LogP contribution in [0.5, 0.6) is 0 Å². The van der Waals surface area contributed by atoms with Crippen molar-refractivity contribution in [2.75, 3.05) is 32.8 Å². The minimum Gasteiger partial charge on any atom is -0.381 e. The lowest BCUT2D eigenvalue weighted by atomic mass is 9.72. The smallest absolute Gasteiger partial charge is 0.228 e. The molecule has 1 atom stereocenters. The molecule has 1 aromatic rings. The zero-order valence-corrected chi connectivity index (χ0v) is 15.2. The zero-order valence-electron chi connectivity index (χ0n) is 15.2. The molecule has 2 amide bonds. The van der Waals surface area contributed by atoms with Gasteiger partial charge in [0.1, 0.15) is 0 Å². The molecule has 140 valence electrons. The number of likely N-dealkylation sites (tertiary alicyclic amines) is 2. The Bertz CT molecular complexity index is 650. The SMILES string of the molecule is O=C1CCC2(CCN(C(=O)[C@H]3CCOC3)CC2)CN1Cc1cccnc1. The van der Waals surface area contributed by atoms with Gasteiger partial charge in [-0.2, -0.15) is 0 Å². The number of amides is 2. The number of pyridine rings is 1. The molecule has 6 nitrogen and oxygen atoms in total. The van der Waals surface area contributed by atoms with E-state index < -0.39 is 0 Å². The zero-order chi connectivity index (χ0) is 18.0. The number of carbonyl (C=O) groups excluding carboxylic acids is 2. The van der Waals surface area contributed by atoms with Crippen LogP contribution in [0.2, 0.25) is 0 Å². The van der Waals surface area contributed by atoms with Crippen molar-refractivity contribution < 1.29 is 14.3 Å². The quantitative estimate of drug-likeness (QED) is 0.828. The number of carbonyl (C=O) groups is 2. The van der Waals surface area contributed by atoms with Crippen molar-refractivity contribution in [1.29, 1.82) is 0 Å². The summed E-state index contributed by atoms with van der Waals surface area (Å²) >= 11 is 0. The standard InChI is InChI=1S/C20H27N3O3/c24-18-3-5-20(15-23(18)13-16-2-1-8-21-12-16)6-9-22(10-7-20)19(25)17-4-11-26-14-17/h1-2,8,12,17H,3-7,9-11,13-15H2/t17-/m0/s1. The maximum Gasteiger partial charge on any atom is 0.228 e. The second kappa shape index (κ2) is 7.35. The Morgan fingerprint density at radius 1 is 1.31 bits per heavy atom. The van der Waals surface area contributed by atoms with Crippen LogP contribution in [0.15, 0.2) is 24.5 Å². The lowest BCUT2D eigenvalue weighted by molar-refractivity contribution is -0.144. The largest absolute Gasteiger partial charge is 0.381 e. The summed E-state index contributed by atoms with van der Waals surface area (Å²) < 4.78 is 5.36. The van der Waals surface area contributed by atoms with Gasteiger partial charge in [0.25, 0.3) is 0 Å². The van der Waals surface area contributed by atoms with Crippen LogP contribution in [0.1, 0.15) is 37.7 Å². The van der Waals surface area contributed by atoms with Crippen LogP contribution in [0.4, 0.5) is 0 Å². The predicted molar refractivity (Wildman–Crippen MR) is 96.1 cm³/mol. The Labute approximate surface area is 154 Å². The van der Waals surface area contributed by atoms with Gasteiger partial charge in [-0.25, -0.2) is 0 Å². The minimum atomic E-state index is 0.0547. The summed E-state index contributed by atoms with van der Waals surface area (Å²) in [7, 11) is 0. The summed E-state index contributed by atoms with van der Waals surface area (Å²) in [6, 6.07) is 3.93. The number of hydrogen-bond donors (Lipinski definition) is 0. The molecule has 3 aliphatic heterocycles. The maximum atomic E-state index is 12.6. The van der Waals surface area contributed by atoms with Gasteiger partial charge in [0.2, 0.25) is 11.8 Å². The fourth-order valence-corrected chi connectivity index (χ4v) is 4.56. The predicted octanol–water partition coefficient (Wildman–Crippen LogP) is 1.85. The van der Waals surface area contributed by atoms with Crippen molar-refractivity contribution >= 4 is 11.8 Å². The second-order valence-corrected chi connectivity index (χ2v) is 8.00. The average molecular weight is 357 g/mol. The summed E-state index contributed by atoms with van der Waals surface area (Å²) in [5, 5.41) is 0. The van der Waals surface area contributed by atoms with Crippen LogP contribution in [0, 0.1) is 11.3 Å². The highest BCUT2D eigenvalue weighted by Gasteiger charge is 2.42. The van der Waals surface area contributed by atoms with E-state index in [1.165, 1.54) is 0 Å². The molecular formula is C20H27N3O3. The van der Waals surface area contributed by atoms with Gasteiger partial charge in [0.05, 0.1) is 12.5 Å². The maximum absolute atomic E-state index is 12.6. The number of aromatic nitrogens is 1. The third-order valence-corrected chi connectivity index (χ3v) is 6.26. The van der Waals surface area contributed by atoms with Crippen LogP contribution < -0.4 is 0 Å². The Morgan fingerprint density at radius 2 is 2.15 bits per heavy atom. The van der Waals surface area contributed by atoms with E-state index in [2.05, 4.69) is 4.98 Å². The molecule has 1 spiro atoms. The molecule has 0 bridgehead atoms. The third kappa shape index (κ3) is 3.61. The fraction of sp³-hybridized carbons (Fsp3) is 0.650. The van der Waals surface area contributed by atoms with E-state index in [4.69, 9.17) is 4.74 Å². The molecular weight excluding hydrogens is 330 g/mol. The van der Waals surface area contributed by atoms with Gasteiger partial charge in [0.15, 0.2) is 0 Å². The summed E-state index contributed by atoms with van der Waals surface area (Å²) in [6.07, 6.45) is 7.99. The lowest BCUT2D eigenvalue weighted by Crippen LogP contribution is -2.52. The van der Waals surface area contributed by atoms with Gasteiger partial charge in [0, 0.05) is 51.6 Å². The highest BCUT2D eigenvalue weighted by molar-refractivity contribution is 5.79. The van der Waals surface area contributed by atoms with Crippen LogP contribution in [0.25, 0.3) is 0 Å². The average Bonchev–Trinajstić information content (AvgIpc) is 3.21. The summed E-state index contributed by atoms with van der Waals surface area (Å²) in [5.74, 6) is 0.552. The van der Waals surface area contributed by atoms with Crippen molar-refractivity contribution in [3.63, 3.8) is 0 Å². The summed E-state index contributed by atoms with van der Waals surface area (Å²) in [6.45, 7) is 4.34. The fourth-order valence-electron chi connectivity index (χ4n) is 4.56. The number of rotatable bonds is 3. The van der Waals surface area contributed by atoms with E-state index in [1.54, 1.807) is 6.20 Å². The molecule has 4 heterocycles. The molecule has 26 heavy (non-hydrogen) atoms. The third-order valence-electron chi connectivity index (χ3n) is 6.26. The highest BCUT2D eigenvalue weighted by Crippen LogP contribution is 2.41. The Morgan fingerprint density at radius 3 is 2.85 bits per heavy atom.